The number of hydrogen-bond donors (Lipinski definition) is 1. The number of guanidine groups is 1. The summed E-state index contributed by atoms with van der Waals surface area (Å²) in [5.74, 6) is 0.284. The van der Waals surface area contributed by atoms with Gasteiger partial charge in [0.05, 0.1) is 12.2 Å². The third-order valence-corrected chi connectivity index (χ3v) is 5.29. The lowest BCUT2D eigenvalue weighted by Gasteiger charge is -2.28. The summed E-state index contributed by atoms with van der Waals surface area (Å²) in [7, 11) is 0. The average Bonchev–Trinajstić information content (AvgIpc) is 2.92. The van der Waals surface area contributed by atoms with E-state index in [-0.39, 0.29) is 12.5 Å². The lowest BCUT2D eigenvalue weighted by Crippen LogP contribution is -2.42. The van der Waals surface area contributed by atoms with Crippen molar-refractivity contribution in [3.63, 3.8) is 0 Å². The molecule has 2 aromatic carbocycles. The lowest BCUT2D eigenvalue weighted by molar-refractivity contribution is -0.201. The van der Waals surface area contributed by atoms with E-state index in [1.54, 1.807) is 11.8 Å². The third-order valence-electron chi connectivity index (χ3n) is 4.59. The second-order valence-corrected chi connectivity index (χ2v) is 7.61. The maximum Gasteiger partial charge on any atom is 0.411 e. The van der Waals surface area contributed by atoms with Crippen LogP contribution in [0.25, 0.3) is 10.8 Å². The maximum absolute atomic E-state index is 12.9. The van der Waals surface area contributed by atoms with Crippen molar-refractivity contribution in [3.05, 3.63) is 40.4 Å². The molecule has 0 radical (unpaired) electrons. The van der Waals surface area contributed by atoms with Crippen LogP contribution in [0.4, 0.5) is 18.9 Å². The Morgan fingerprint density at radius 2 is 2.04 bits per heavy atom. The number of alkyl halides is 3. The number of ether oxygens (including phenoxy) is 1. The van der Waals surface area contributed by atoms with E-state index in [0.29, 0.717) is 12.1 Å². The summed E-state index contributed by atoms with van der Waals surface area (Å²) < 4.78 is 44.9. The molecule has 1 unspecified atom stereocenters. The fourth-order valence-corrected chi connectivity index (χ4v) is 3.93. The highest BCUT2D eigenvalue weighted by molar-refractivity contribution is 9.10. The van der Waals surface area contributed by atoms with Crippen LogP contribution < -0.4 is 10.6 Å². The van der Waals surface area contributed by atoms with Crippen LogP contribution in [0.2, 0.25) is 0 Å². The molecule has 0 saturated carbocycles. The molecule has 1 heterocycles. The molecule has 146 valence electrons. The Hall–Kier alpha value is -1.80. The van der Waals surface area contributed by atoms with Crippen LogP contribution >= 0.6 is 15.9 Å². The molecule has 2 N–H and O–H groups in total. The van der Waals surface area contributed by atoms with Crippen LogP contribution in [-0.4, -0.2) is 31.8 Å². The van der Waals surface area contributed by atoms with Crippen molar-refractivity contribution in [1.82, 2.24) is 0 Å². The van der Waals surface area contributed by atoms with E-state index >= 15 is 0 Å². The smallest absolute Gasteiger partial charge is 0.370 e. The molecule has 1 atom stereocenters. The van der Waals surface area contributed by atoms with Crippen LogP contribution in [0.15, 0.2) is 39.8 Å². The van der Waals surface area contributed by atoms with Crippen LogP contribution in [0, 0.1) is 0 Å². The van der Waals surface area contributed by atoms with E-state index in [4.69, 9.17) is 10.5 Å². The normalized spacial score (nSPS) is 20.4. The molecule has 0 spiro atoms. The van der Waals surface area contributed by atoms with Gasteiger partial charge in [-0.3, -0.25) is 4.99 Å². The molecule has 8 heteroatoms. The highest BCUT2D eigenvalue weighted by Gasteiger charge is 2.45. The van der Waals surface area contributed by atoms with Crippen LogP contribution in [0.5, 0.6) is 0 Å². The van der Waals surface area contributed by atoms with E-state index in [9.17, 15) is 13.2 Å². The zero-order chi connectivity index (χ0) is 19.8. The van der Waals surface area contributed by atoms with Gasteiger partial charge in [0.15, 0.2) is 5.96 Å². The number of nitrogens with zero attached hydrogens (tertiary/aromatic N) is 2. The number of aliphatic imine (C=N–C) groups is 1. The predicted molar refractivity (Wildman–Crippen MR) is 105 cm³/mol. The average molecular weight is 444 g/mol. The maximum atomic E-state index is 12.9. The van der Waals surface area contributed by atoms with Gasteiger partial charge < -0.3 is 15.4 Å². The Morgan fingerprint density at radius 3 is 2.70 bits per heavy atom. The topological polar surface area (TPSA) is 50.8 Å². The monoisotopic (exact) mass is 443 g/mol. The van der Waals surface area contributed by atoms with E-state index < -0.39 is 18.4 Å². The minimum Gasteiger partial charge on any atom is -0.370 e. The number of benzene rings is 2. The van der Waals surface area contributed by atoms with Gasteiger partial charge in [-0.2, -0.15) is 13.2 Å². The standard InChI is InChI=1S/C19H21BrF3N3O/c1-3-9-25-17(24)26-10-18(2,27-11-19(21,22)23)16-13-5-4-6-14(20)12(13)7-8-15(16)26/h4-8H,3,9-11H2,1-2H3,(H2,24,25). The summed E-state index contributed by atoms with van der Waals surface area (Å²) >= 11 is 3.51. The number of anilines is 1. The molecule has 2 aromatic rings. The minimum atomic E-state index is -4.41. The van der Waals surface area contributed by atoms with E-state index in [1.807, 2.05) is 37.3 Å². The van der Waals surface area contributed by atoms with Crippen molar-refractivity contribution >= 4 is 38.3 Å². The molecular formula is C19H21BrF3N3O. The molecule has 0 amide bonds. The first kappa shape index (κ1) is 19.9. The Labute approximate surface area is 164 Å². The molecule has 0 aromatic heterocycles. The Balaban J connectivity index is 2.15. The molecule has 0 bridgehead atoms. The number of halogens is 4. The molecule has 0 fully saturated rings. The van der Waals surface area contributed by atoms with Gasteiger partial charge in [-0.1, -0.05) is 41.1 Å². The van der Waals surface area contributed by atoms with Gasteiger partial charge in [-0.05, 0) is 36.2 Å². The molecule has 1 aliphatic heterocycles. The highest BCUT2D eigenvalue weighted by Crippen LogP contribution is 2.47. The second-order valence-electron chi connectivity index (χ2n) is 6.76. The molecular weight excluding hydrogens is 423 g/mol. The minimum absolute atomic E-state index is 0.170. The van der Waals surface area contributed by atoms with E-state index in [2.05, 4.69) is 20.9 Å². The zero-order valence-corrected chi connectivity index (χ0v) is 16.7. The Morgan fingerprint density at radius 1 is 1.30 bits per heavy atom. The number of nitrogens with two attached hydrogens (primary N) is 1. The summed E-state index contributed by atoms with van der Waals surface area (Å²) in [6.07, 6.45) is -3.59. The van der Waals surface area contributed by atoms with Crippen LogP contribution in [0.3, 0.4) is 0 Å². The first-order chi connectivity index (χ1) is 12.7. The first-order valence-electron chi connectivity index (χ1n) is 8.66. The van der Waals surface area contributed by atoms with Gasteiger partial charge in [0.1, 0.15) is 12.2 Å². The van der Waals surface area contributed by atoms with Gasteiger partial charge >= 0.3 is 6.18 Å². The lowest BCUT2D eigenvalue weighted by atomic mass is 9.92. The molecule has 4 nitrogen and oxygen atoms in total. The van der Waals surface area contributed by atoms with Gasteiger partial charge in [-0.25, -0.2) is 0 Å². The van der Waals surface area contributed by atoms with Gasteiger partial charge in [0, 0.05) is 16.6 Å². The summed E-state index contributed by atoms with van der Waals surface area (Å²) in [6, 6.07) is 9.42. The van der Waals surface area contributed by atoms with Gasteiger partial charge in [0.2, 0.25) is 0 Å². The quantitative estimate of drug-likeness (QED) is 0.537. The summed E-state index contributed by atoms with van der Waals surface area (Å²) in [4.78, 5) is 6.07. The Kier molecular flexibility index (Phi) is 5.40. The first-order valence-corrected chi connectivity index (χ1v) is 9.45. The fraction of sp³-hybridized carbons (Fsp3) is 0.421. The molecule has 27 heavy (non-hydrogen) atoms. The third kappa shape index (κ3) is 3.91. The Bertz CT molecular complexity index is 884. The van der Waals surface area contributed by atoms with Crippen molar-refractivity contribution < 1.29 is 17.9 Å². The molecule has 1 aliphatic rings. The van der Waals surface area contributed by atoms with Crippen molar-refractivity contribution in [2.45, 2.75) is 32.0 Å². The number of rotatable bonds is 4. The summed E-state index contributed by atoms with van der Waals surface area (Å²) in [5, 5.41) is 1.74. The second kappa shape index (κ2) is 7.31. The van der Waals surface area contributed by atoms with Crippen molar-refractivity contribution in [1.29, 1.82) is 0 Å². The zero-order valence-electron chi connectivity index (χ0n) is 15.1. The largest absolute Gasteiger partial charge is 0.411 e. The van der Waals surface area contributed by atoms with Crippen molar-refractivity contribution in [3.8, 4) is 0 Å². The van der Waals surface area contributed by atoms with Gasteiger partial charge in [-0.15, -0.1) is 0 Å². The SMILES string of the molecule is CCCN=C(N)N1CC(C)(OCC(F)(F)F)c2c1ccc1c(Br)cccc21. The van der Waals surface area contributed by atoms with E-state index in [1.165, 1.54) is 0 Å². The fourth-order valence-electron chi connectivity index (χ4n) is 3.43. The molecule has 0 aliphatic carbocycles. The highest BCUT2D eigenvalue weighted by atomic mass is 79.9. The molecule has 0 saturated heterocycles. The van der Waals surface area contributed by atoms with Gasteiger partial charge in [0.25, 0.3) is 0 Å². The number of fused-ring (bicyclic) bond motifs is 3. The van der Waals surface area contributed by atoms with Crippen molar-refractivity contribution in [2.75, 3.05) is 24.6 Å². The summed E-state index contributed by atoms with van der Waals surface area (Å²) in [6.45, 7) is 3.05. The number of hydrogen-bond acceptors (Lipinski definition) is 2. The van der Waals surface area contributed by atoms with E-state index in [0.717, 1.165) is 27.4 Å². The van der Waals surface area contributed by atoms with Crippen molar-refractivity contribution in [2.24, 2.45) is 10.7 Å². The van der Waals surface area contributed by atoms with Crippen LogP contribution in [-0.2, 0) is 10.3 Å². The summed E-state index contributed by atoms with van der Waals surface area (Å²) in [5.41, 5.74) is 6.40. The predicted octanol–water partition coefficient (Wildman–Crippen LogP) is 4.94. The van der Waals surface area contributed by atoms with Crippen LogP contribution in [0.1, 0.15) is 25.8 Å². The molecule has 3 rings (SSSR count).